The van der Waals surface area contributed by atoms with Crippen LogP contribution >= 0.6 is 27.7 Å². The Morgan fingerprint density at radius 1 is 1.23 bits per heavy atom. The standard InChI is InChI=1S/C21H19BrN2O5S/c1-11-6-14(7-12(2)19(11)22)23-21-24-20(27)17(30-21)9-13-4-5-15(16(8-13)28-3)29-10-18(25)26/h4-9H,10H2,1-3H3,(H,25,26)(H,23,24,27)/b17-9-. The summed E-state index contributed by atoms with van der Waals surface area (Å²) in [5.74, 6) is -0.628. The Morgan fingerprint density at radius 2 is 1.93 bits per heavy atom. The summed E-state index contributed by atoms with van der Waals surface area (Å²) >= 11 is 4.78. The molecule has 2 N–H and O–H groups in total. The normalized spacial score (nSPS) is 16.1. The van der Waals surface area contributed by atoms with Gasteiger partial charge in [0.15, 0.2) is 23.3 Å². The van der Waals surface area contributed by atoms with Gasteiger partial charge in [0.2, 0.25) is 0 Å². The summed E-state index contributed by atoms with van der Waals surface area (Å²) in [5, 5.41) is 12.0. The molecule has 9 heteroatoms. The van der Waals surface area contributed by atoms with Crippen LogP contribution in [0.15, 0.2) is 44.7 Å². The molecule has 7 nitrogen and oxygen atoms in total. The highest BCUT2D eigenvalue weighted by Gasteiger charge is 2.24. The lowest BCUT2D eigenvalue weighted by molar-refractivity contribution is -0.139. The summed E-state index contributed by atoms with van der Waals surface area (Å²) in [5.41, 5.74) is 3.61. The third kappa shape index (κ3) is 5.22. The monoisotopic (exact) mass is 490 g/mol. The number of halogens is 1. The topological polar surface area (TPSA) is 97.2 Å². The Bertz CT molecular complexity index is 1060. The van der Waals surface area contributed by atoms with E-state index in [0.717, 1.165) is 21.3 Å². The molecule has 30 heavy (non-hydrogen) atoms. The van der Waals surface area contributed by atoms with Gasteiger partial charge < -0.3 is 19.9 Å². The van der Waals surface area contributed by atoms with Crippen molar-refractivity contribution in [2.45, 2.75) is 13.8 Å². The van der Waals surface area contributed by atoms with Crippen LogP contribution in [0.1, 0.15) is 16.7 Å². The van der Waals surface area contributed by atoms with Gasteiger partial charge in [-0.05, 0) is 72.6 Å². The molecule has 1 aliphatic heterocycles. The fraction of sp³-hybridized carbons (Fsp3) is 0.190. The van der Waals surface area contributed by atoms with E-state index in [1.807, 2.05) is 26.0 Å². The highest BCUT2D eigenvalue weighted by atomic mass is 79.9. The Kier molecular flexibility index (Phi) is 6.84. The van der Waals surface area contributed by atoms with Crippen LogP contribution in [0.4, 0.5) is 5.69 Å². The van der Waals surface area contributed by atoms with Crippen molar-refractivity contribution < 1.29 is 24.2 Å². The van der Waals surface area contributed by atoms with Crippen molar-refractivity contribution in [3.8, 4) is 11.5 Å². The maximum absolute atomic E-state index is 12.4. The van der Waals surface area contributed by atoms with Crippen LogP contribution in [0.3, 0.4) is 0 Å². The smallest absolute Gasteiger partial charge is 0.341 e. The van der Waals surface area contributed by atoms with Crippen molar-refractivity contribution in [1.29, 1.82) is 0 Å². The van der Waals surface area contributed by atoms with E-state index >= 15 is 0 Å². The van der Waals surface area contributed by atoms with E-state index in [1.165, 1.54) is 18.9 Å². The number of hydrogen-bond acceptors (Lipinski definition) is 6. The van der Waals surface area contributed by atoms with E-state index in [4.69, 9.17) is 14.6 Å². The number of aryl methyl sites for hydroxylation is 2. The first-order chi connectivity index (χ1) is 14.3. The van der Waals surface area contributed by atoms with Crippen LogP contribution in [0.25, 0.3) is 6.08 Å². The molecule has 0 unspecified atom stereocenters. The van der Waals surface area contributed by atoms with Gasteiger partial charge >= 0.3 is 5.97 Å². The minimum absolute atomic E-state index is 0.241. The van der Waals surface area contributed by atoms with Gasteiger partial charge in [-0.1, -0.05) is 22.0 Å². The van der Waals surface area contributed by atoms with E-state index in [9.17, 15) is 9.59 Å². The summed E-state index contributed by atoms with van der Waals surface area (Å²) in [6.45, 7) is 3.51. The molecule has 0 bridgehead atoms. The number of nitrogens with one attached hydrogen (secondary N) is 1. The largest absolute Gasteiger partial charge is 0.493 e. The van der Waals surface area contributed by atoms with Crippen molar-refractivity contribution >= 4 is 56.5 Å². The molecule has 1 saturated heterocycles. The summed E-state index contributed by atoms with van der Waals surface area (Å²) < 4.78 is 11.5. The highest BCUT2D eigenvalue weighted by Crippen LogP contribution is 2.33. The Balaban J connectivity index is 1.81. The van der Waals surface area contributed by atoms with Crippen LogP contribution in [-0.2, 0) is 9.59 Å². The van der Waals surface area contributed by atoms with Crippen molar-refractivity contribution in [3.63, 3.8) is 0 Å². The first-order valence-corrected chi connectivity index (χ1v) is 10.5. The van der Waals surface area contributed by atoms with Gasteiger partial charge in [0.25, 0.3) is 5.91 Å². The number of carboxylic acid groups (broad SMARTS) is 1. The number of carbonyl (C=O) groups is 2. The maximum atomic E-state index is 12.4. The highest BCUT2D eigenvalue weighted by molar-refractivity contribution is 9.10. The second-order valence-corrected chi connectivity index (χ2v) is 8.29. The zero-order valence-corrected chi connectivity index (χ0v) is 18.9. The molecule has 156 valence electrons. The van der Waals surface area contributed by atoms with Crippen molar-refractivity contribution in [2.24, 2.45) is 4.99 Å². The number of carbonyl (C=O) groups excluding carboxylic acids is 1. The number of ether oxygens (including phenoxy) is 2. The number of hydrogen-bond donors (Lipinski definition) is 2. The fourth-order valence-electron chi connectivity index (χ4n) is 2.77. The molecular weight excluding hydrogens is 472 g/mol. The first kappa shape index (κ1) is 21.9. The van der Waals surface area contributed by atoms with E-state index in [0.29, 0.717) is 27.1 Å². The van der Waals surface area contributed by atoms with Gasteiger partial charge in [-0.3, -0.25) is 4.79 Å². The van der Waals surface area contributed by atoms with Crippen molar-refractivity contribution in [2.75, 3.05) is 13.7 Å². The van der Waals surface area contributed by atoms with E-state index in [1.54, 1.807) is 24.3 Å². The van der Waals surface area contributed by atoms with E-state index in [2.05, 4.69) is 26.2 Å². The Morgan fingerprint density at radius 3 is 2.57 bits per heavy atom. The number of aliphatic imine (C=N–C) groups is 1. The zero-order valence-electron chi connectivity index (χ0n) is 16.5. The van der Waals surface area contributed by atoms with Crippen LogP contribution in [0, 0.1) is 13.8 Å². The van der Waals surface area contributed by atoms with E-state index in [-0.39, 0.29) is 5.91 Å². The first-order valence-electron chi connectivity index (χ1n) is 8.86. The molecule has 1 aliphatic rings. The SMILES string of the molecule is COc1cc(/C=C2\SC(=Nc3cc(C)c(Br)c(C)c3)NC2=O)ccc1OCC(=O)O. The van der Waals surface area contributed by atoms with Crippen LogP contribution in [0.2, 0.25) is 0 Å². The third-order valence-corrected chi connectivity index (χ3v) is 6.30. The maximum Gasteiger partial charge on any atom is 0.341 e. The summed E-state index contributed by atoms with van der Waals surface area (Å²) in [6, 6.07) is 8.89. The van der Waals surface area contributed by atoms with Crippen molar-refractivity contribution in [3.05, 3.63) is 56.4 Å². The number of amides is 1. The number of thioether (sulfide) groups is 1. The average molecular weight is 491 g/mol. The van der Waals surface area contributed by atoms with Crippen molar-refractivity contribution in [1.82, 2.24) is 5.32 Å². The molecule has 1 fully saturated rings. The fourth-order valence-corrected chi connectivity index (χ4v) is 3.84. The number of amidine groups is 1. The molecule has 1 amide bonds. The summed E-state index contributed by atoms with van der Waals surface area (Å²) in [7, 11) is 1.46. The quantitative estimate of drug-likeness (QED) is 0.581. The minimum atomic E-state index is -1.08. The number of carboxylic acids is 1. The number of methoxy groups -OCH3 is 1. The predicted octanol–water partition coefficient (Wildman–Crippen LogP) is 4.43. The van der Waals surface area contributed by atoms with Crippen LogP contribution < -0.4 is 14.8 Å². The minimum Gasteiger partial charge on any atom is -0.493 e. The number of benzene rings is 2. The number of nitrogens with zero attached hydrogens (tertiary/aromatic N) is 1. The lowest BCUT2D eigenvalue weighted by Gasteiger charge is -2.09. The average Bonchev–Trinajstić information content (AvgIpc) is 3.03. The van der Waals surface area contributed by atoms with E-state index < -0.39 is 12.6 Å². The number of rotatable bonds is 6. The molecule has 0 radical (unpaired) electrons. The molecule has 2 aromatic rings. The second kappa shape index (κ2) is 9.36. The lowest BCUT2D eigenvalue weighted by atomic mass is 10.1. The third-order valence-electron chi connectivity index (χ3n) is 4.14. The lowest BCUT2D eigenvalue weighted by Crippen LogP contribution is -2.19. The zero-order chi connectivity index (χ0) is 21.8. The molecule has 2 aromatic carbocycles. The molecular formula is C21H19BrN2O5S. The Labute approximate surface area is 186 Å². The summed E-state index contributed by atoms with van der Waals surface area (Å²) in [4.78, 5) is 28.1. The van der Waals surface area contributed by atoms with Gasteiger partial charge in [-0.15, -0.1) is 0 Å². The van der Waals surface area contributed by atoms with Gasteiger partial charge in [-0.2, -0.15) is 0 Å². The number of aliphatic carboxylic acids is 1. The molecule has 0 aromatic heterocycles. The Hall–Kier alpha value is -2.78. The van der Waals surface area contributed by atoms with Gasteiger partial charge in [0, 0.05) is 4.47 Å². The summed E-state index contributed by atoms with van der Waals surface area (Å²) in [6.07, 6.45) is 1.71. The molecule has 0 saturated carbocycles. The molecule has 1 heterocycles. The molecule has 0 atom stereocenters. The second-order valence-electron chi connectivity index (χ2n) is 6.47. The van der Waals surface area contributed by atoms with Crippen LogP contribution in [0.5, 0.6) is 11.5 Å². The predicted molar refractivity (Wildman–Crippen MR) is 121 cm³/mol. The van der Waals surface area contributed by atoms with Gasteiger partial charge in [0.05, 0.1) is 17.7 Å². The molecule has 0 spiro atoms. The van der Waals surface area contributed by atoms with Gasteiger partial charge in [0.1, 0.15) is 0 Å². The van der Waals surface area contributed by atoms with Crippen LogP contribution in [-0.4, -0.2) is 35.9 Å². The van der Waals surface area contributed by atoms with Gasteiger partial charge in [-0.25, -0.2) is 9.79 Å². The molecule has 3 rings (SSSR count). The molecule has 0 aliphatic carbocycles.